The summed E-state index contributed by atoms with van der Waals surface area (Å²) in [5.74, 6) is -0.557. The van der Waals surface area contributed by atoms with Crippen LogP contribution in [0.1, 0.15) is 18.1 Å². The fourth-order valence-corrected chi connectivity index (χ4v) is 1.18. The summed E-state index contributed by atoms with van der Waals surface area (Å²) in [6, 6.07) is 7.66. The minimum absolute atomic E-state index is 0.0774. The van der Waals surface area contributed by atoms with Crippen LogP contribution in [-0.2, 0) is 16.1 Å². The molecule has 3 nitrogen and oxygen atoms in total. The van der Waals surface area contributed by atoms with Crippen molar-refractivity contribution in [3.63, 3.8) is 0 Å². The number of hydrogen-bond donors (Lipinski definition) is 1. The Morgan fingerprint density at radius 2 is 2.12 bits per heavy atom. The van der Waals surface area contributed by atoms with Gasteiger partial charge in [0, 0.05) is 0 Å². The molecule has 0 aliphatic heterocycles. The predicted molar refractivity (Wildman–Crippen MR) is 61.8 cm³/mol. The maximum atomic E-state index is 11.4. The Bertz CT molecular complexity index is 394. The van der Waals surface area contributed by atoms with E-state index >= 15 is 0 Å². The van der Waals surface area contributed by atoms with Gasteiger partial charge < -0.3 is 9.84 Å². The van der Waals surface area contributed by atoms with Crippen molar-refractivity contribution in [3.8, 4) is 0 Å². The molecule has 0 amide bonds. The second-order valence-electron chi connectivity index (χ2n) is 3.70. The summed E-state index contributed by atoms with van der Waals surface area (Å²) in [6.45, 7) is 7.10. The van der Waals surface area contributed by atoms with Crippen LogP contribution in [0.2, 0.25) is 0 Å². The first-order valence-corrected chi connectivity index (χ1v) is 5.11. The molecule has 0 aliphatic rings. The Labute approximate surface area is 95.4 Å². The lowest BCUT2D eigenvalue weighted by molar-refractivity contribution is -0.141. The summed E-state index contributed by atoms with van der Waals surface area (Å²) < 4.78 is 5.03. The van der Waals surface area contributed by atoms with E-state index in [9.17, 15) is 4.79 Å². The molecule has 1 unspecified atom stereocenters. The van der Waals surface area contributed by atoms with Crippen LogP contribution in [0.4, 0.5) is 0 Å². The van der Waals surface area contributed by atoms with E-state index in [0.29, 0.717) is 0 Å². The fraction of sp³-hybridized carbons (Fsp3) is 0.308. The third-order valence-corrected chi connectivity index (χ3v) is 2.39. The number of esters is 1. The molecule has 16 heavy (non-hydrogen) atoms. The summed E-state index contributed by atoms with van der Waals surface area (Å²) in [6.07, 6.45) is -0.871. The molecule has 0 fully saturated rings. The highest BCUT2D eigenvalue weighted by molar-refractivity contribution is 5.88. The molecule has 0 aliphatic carbocycles. The average molecular weight is 220 g/mol. The number of carbonyl (C=O) groups excluding carboxylic acids is 1. The maximum absolute atomic E-state index is 11.4. The summed E-state index contributed by atoms with van der Waals surface area (Å²) >= 11 is 0. The molecule has 0 aromatic heterocycles. The zero-order chi connectivity index (χ0) is 12.1. The lowest BCUT2D eigenvalue weighted by atomic mass is 10.1. The fourth-order valence-electron chi connectivity index (χ4n) is 1.18. The van der Waals surface area contributed by atoms with Gasteiger partial charge in [-0.1, -0.05) is 30.8 Å². The molecule has 0 spiro atoms. The van der Waals surface area contributed by atoms with Gasteiger partial charge in [0.05, 0.1) is 11.7 Å². The lowest BCUT2D eigenvalue weighted by Crippen LogP contribution is -2.16. The molecule has 1 aromatic rings. The Balaban J connectivity index is 2.56. The summed E-state index contributed by atoms with van der Waals surface area (Å²) in [5.41, 5.74) is 2.10. The van der Waals surface area contributed by atoms with Gasteiger partial charge in [0.2, 0.25) is 0 Å². The van der Waals surface area contributed by atoms with E-state index < -0.39 is 12.1 Å². The molecule has 1 atom stereocenters. The van der Waals surface area contributed by atoms with Gasteiger partial charge in [-0.25, -0.2) is 4.79 Å². The van der Waals surface area contributed by atoms with Crippen LogP contribution in [0.5, 0.6) is 0 Å². The zero-order valence-electron chi connectivity index (χ0n) is 9.56. The maximum Gasteiger partial charge on any atom is 0.336 e. The van der Waals surface area contributed by atoms with Crippen LogP contribution in [0.25, 0.3) is 0 Å². The summed E-state index contributed by atoms with van der Waals surface area (Å²) in [4.78, 5) is 11.4. The Kier molecular flexibility index (Phi) is 4.26. The van der Waals surface area contributed by atoms with Crippen molar-refractivity contribution in [2.45, 2.75) is 26.6 Å². The average Bonchev–Trinajstić information content (AvgIpc) is 2.26. The van der Waals surface area contributed by atoms with E-state index in [1.807, 2.05) is 31.2 Å². The van der Waals surface area contributed by atoms with Gasteiger partial charge in [0.15, 0.2) is 0 Å². The molecule has 86 valence electrons. The molecule has 0 saturated heterocycles. The van der Waals surface area contributed by atoms with Gasteiger partial charge in [-0.2, -0.15) is 0 Å². The standard InChI is InChI=1S/C13H16O3/c1-9-6-4-5-7-12(9)8-16-13(15)10(2)11(3)14/h4-7,11,14H,2,8H2,1,3H3. The summed E-state index contributed by atoms with van der Waals surface area (Å²) in [5, 5.41) is 9.14. The van der Waals surface area contributed by atoms with Crippen LogP contribution >= 0.6 is 0 Å². The normalized spacial score (nSPS) is 11.9. The number of ether oxygens (including phenoxy) is 1. The topological polar surface area (TPSA) is 46.5 Å². The van der Waals surface area contributed by atoms with Gasteiger partial charge in [0.1, 0.15) is 6.61 Å². The highest BCUT2D eigenvalue weighted by Gasteiger charge is 2.13. The van der Waals surface area contributed by atoms with Crippen molar-refractivity contribution < 1.29 is 14.6 Å². The van der Waals surface area contributed by atoms with Gasteiger partial charge in [-0.15, -0.1) is 0 Å². The molecule has 0 bridgehead atoms. The predicted octanol–water partition coefficient (Wildman–Crippen LogP) is 1.98. The van der Waals surface area contributed by atoms with E-state index in [1.54, 1.807) is 0 Å². The Morgan fingerprint density at radius 3 is 2.69 bits per heavy atom. The van der Waals surface area contributed by atoms with Gasteiger partial charge >= 0.3 is 5.97 Å². The first kappa shape index (κ1) is 12.5. The minimum Gasteiger partial charge on any atom is -0.457 e. The van der Waals surface area contributed by atoms with Crippen LogP contribution in [0.3, 0.4) is 0 Å². The van der Waals surface area contributed by atoms with Crippen LogP contribution < -0.4 is 0 Å². The van der Waals surface area contributed by atoms with E-state index in [4.69, 9.17) is 9.84 Å². The second kappa shape index (κ2) is 5.47. The monoisotopic (exact) mass is 220 g/mol. The van der Waals surface area contributed by atoms with Crippen LogP contribution in [0.15, 0.2) is 36.4 Å². The second-order valence-corrected chi connectivity index (χ2v) is 3.70. The smallest absolute Gasteiger partial charge is 0.336 e. The molecule has 1 rings (SSSR count). The molecule has 0 saturated carbocycles. The number of benzene rings is 1. The Morgan fingerprint density at radius 1 is 1.50 bits per heavy atom. The van der Waals surface area contributed by atoms with Crippen LogP contribution in [-0.4, -0.2) is 17.2 Å². The molecular weight excluding hydrogens is 204 g/mol. The molecule has 3 heteroatoms. The third kappa shape index (κ3) is 3.21. The number of aryl methyl sites for hydroxylation is 1. The molecule has 0 heterocycles. The number of rotatable bonds is 4. The van der Waals surface area contributed by atoms with Gasteiger partial charge in [0.25, 0.3) is 0 Å². The highest BCUT2D eigenvalue weighted by Crippen LogP contribution is 2.10. The van der Waals surface area contributed by atoms with Crippen molar-refractivity contribution in [2.75, 3.05) is 0 Å². The number of aliphatic hydroxyl groups excluding tert-OH is 1. The van der Waals surface area contributed by atoms with Crippen molar-refractivity contribution >= 4 is 5.97 Å². The lowest BCUT2D eigenvalue weighted by Gasteiger charge is -2.10. The van der Waals surface area contributed by atoms with Crippen molar-refractivity contribution in [1.29, 1.82) is 0 Å². The van der Waals surface area contributed by atoms with E-state index in [1.165, 1.54) is 6.92 Å². The van der Waals surface area contributed by atoms with Crippen molar-refractivity contribution in [3.05, 3.63) is 47.5 Å². The Hall–Kier alpha value is -1.61. The van der Waals surface area contributed by atoms with Gasteiger partial charge in [-0.05, 0) is 25.0 Å². The molecular formula is C13H16O3. The van der Waals surface area contributed by atoms with Crippen molar-refractivity contribution in [2.24, 2.45) is 0 Å². The quantitative estimate of drug-likeness (QED) is 0.623. The van der Waals surface area contributed by atoms with E-state index in [-0.39, 0.29) is 12.2 Å². The number of hydrogen-bond acceptors (Lipinski definition) is 3. The van der Waals surface area contributed by atoms with E-state index in [2.05, 4.69) is 6.58 Å². The zero-order valence-corrected chi connectivity index (χ0v) is 9.56. The molecule has 1 aromatic carbocycles. The molecule has 1 N–H and O–H groups in total. The van der Waals surface area contributed by atoms with Crippen molar-refractivity contribution in [1.82, 2.24) is 0 Å². The summed E-state index contributed by atoms with van der Waals surface area (Å²) in [7, 11) is 0. The van der Waals surface area contributed by atoms with Crippen LogP contribution in [0, 0.1) is 6.92 Å². The highest BCUT2D eigenvalue weighted by atomic mass is 16.5. The number of aliphatic hydroxyl groups is 1. The number of carbonyl (C=O) groups is 1. The van der Waals surface area contributed by atoms with E-state index in [0.717, 1.165) is 11.1 Å². The molecule has 0 radical (unpaired) electrons. The first-order chi connectivity index (χ1) is 7.52. The first-order valence-electron chi connectivity index (χ1n) is 5.11. The van der Waals surface area contributed by atoms with Gasteiger partial charge in [-0.3, -0.25) is 0 Å². The largest absolute Gasteiger partial charge is 0.457 e. The third-order valence-electron chi connectivity index (χ3n) is 2.39. The SMILES string of the molecule is C=C(C(=O)OCc1ccccc1C)C(C)O. The minimum atomic E-state index is -0.871.